The molecule has 23 heavy (non-hydrogen) atoms. The first-order chi connectivity index (χ1) is 10.8. The fourth-order valence-electron chi connectivity index (χ4n) is 2.84. The Labute approximate surface area is 133 Å². The maximum absolute atomic E-state index is 12.9. The largest absolute Gasteiger partial charge is 0.416 e. The predicted molar refractivity (Wildman–Crippen MR) is 79.8 cm³/mol. The van der Waals surface area contributed by atoms with E-state index in [2.05, 4.69) is 5.32 Å². The van der Waals surface area contributed by atoms with Crippen LogP contribution in [-0.4, -0.2) is 32.2 Å². The molecule has 0 heterocycles. The van der Waals surface area contributed by atoms with E-state index in [1.54, 1.807) is 6.07 Å². The summed E-state index contributed by atoms with van der Waals surface area (Å²) >= 11 is 0. The number of carbonyl (C=O) groups is 1. The van der Waals surface area contributed by atoms with Crippen molar-refractivity contribution in [1.29, 1.82) is 0 Å². The van der Waals surface area contributed by atoms with Gasteiger partial charge in [0.05, 0.1) is 12.2 Å². The zero-order valence-corrected chi connectivity index (χ0v) is 13.0. The SMILES string of the molecule is COCC(N)C(=O)NCC1(c2cccc(C(F)(F)F)c2)CCC1. The minimum atomic E-state index is -4.37. The number of rotatable bonds is 6. The van der Waals surface area contributed by atoms with Crippen LogP contribution in [0.15, 0.2) is 24.3 Å². The van der Waals surface area contributed by atoms with E-state index in [0.717, 1.165) is 25.3 Å². The molecule has 1 amide bonds. The summed E-state index contributed by atoms with van der Waals surface area (Å²) in [5.41, 5.74) is 5.16. The van der Waals surface area contributed by atoms with Crippen LogP contribution >= 0.6 is 0 Å². The maximum Gasteiger partial charge on any atom is 0.416 e. The molecule has 1 saturated carbocycles. The second-order valence-corrected chi connectivity index (χ2v) is 5.99. The molecule has 2 rings (SSSR count). The highest BCUT2D eigenvalue weighted by molar-refractivity contribution is 5.81. The summed E-state index contributed by atoms with van der Waals surface area (Å²) in [6.45, 7) is 0.382. The van der Waals surface area contributed by atoms with Crippen molar-refractivity contribution in [2.75, 3.05) is 20.3 Å². The van der Waals surface area contributed by atoms with Crippen LogP contribution < -0.4 is 11.1 Å². The number of nitrogens with one attached hydrogen (secondary N) is 1. The summed E-state index contributed by atoms with van der Waals surface area (Å²) in [4.78, 5) is 11.9. The molecule has 128 valence electrons. The molecule has 3 N–H and O–H groups in total. The summed E-state index contributed by atoms with van der Waals surface area (Å²) in [6, 6.07) is 4.56. The van der Waals surface area contributed by atoms with Gasteiger partial charge in [0.2, 0.25) is 5.91 Å². The lowest BCUT2D eigenvalue weighted by molar-refractivity contribution is -0.137. The quantitative estimate of drug-likeness (QED) is 0.841. The third-order valence-electron chi connectivity index (χ3n) is 4.40. The lowest BCUT2D eigenvalue weighted by Gasteiger charge is -2.43. The van der Waals surface area contributed by atoms with E-state index >= 15 is 0 Å². The molecule has 1 aliphatic rings. The van der Waals surface area contributed by atoms with Crippen molar-refractivity contribution in [2.45, 2.75) is 36.9 Å². The van der Waals surface area contributed by atoms with Crippen LogP contribution in [0.3, 0.4) is 0 Å². The molecule has 0 saturated heterocycles. The zero-order valence-electron chi connectivity index (χ0n) is 13.0. The average molecular weight is 330 g/mol. The first kappa shape index (κ1) is 17.7. The molecule has 1 aromatic rings. The number of carbonyl (C=O) groups excluding carboxylic acids is 1. The van der Waals surface area contributed by atoms with Gasteiger partial charge in [0.15, 0.2) is 0 Å². The summed E-state index contributed by atoms with van der Waals surface area (Å²) in [6.07, 6.45) is -1.95. The number of alkyl halides is 3. The monoisotopic (exact) mass is 330 g/mol. The van der Waals surface area contributed by atoms with Crippen LogP contribution in [0.4, 0.5) is 13.2 Å². The topological polar surface area (TPSA) is 64.3 Å². The number of ether oxygens (including phenoxy) is 1. The zero-order chi connectivity index (χ0) is 17.1. The molecular formula is C16H21F3N2O2. The third kappa shape index (κ3) is 4.03. The Bertz CT molecular complexity index is 557. The van der Waals surface area contributed by atoms with Gasteiger partial charge >= 0.3 is 6.18 Å². The van der Waals surface area contributed by atoms with E-state index in [1.165, 1.54) is 19.2 Å². The fraction of sp³-hybridized carbons (Fsp3) is 0.562. The van der Waals surface area contributed by atoms with Gasteiger partial charge in [-0.05, 0) is 24.5 Å². The average Bonchev–Trinajstić information content (AvgIpc) is 2.45. The van der Waals surface area contributed by atoms with Crippen LogP contribution in [0.1, 0.15) is 30.4 Å². The number of hydrogen-bond donors (Lipinski definition) is 2. The minimum Gasteiger partial charge on any atom is -0.383 e. The van der Waals surface area contributed by atoms with Crippen LogP contribution in [-0.2, 0) is 21.1 Å². The van der Waals surface area contributed by atoms with Gasteiger partial charge in [0.25, 0.3) is 0 Å². The molecular weight excluding hydrogens is 309 g/mol. The van der Waals surface area contributed by atoms with Gasteiger partial charge in [0.1, 0.15) is 6.04 Å². The van der Waals surface area contributed by atoms with Gasteiger partial charge in [-0.2, -0.15) is 13.2 Å². The molecule has 0 radical (unpaired) electrons. The summed E-state index contributed by atoms with van der Waals surface area (Å²) in [5, 5.41) is 2.74. The normalized spacial score (nSPS) is 18.1. The van der Waals surface area contributed by atoms with E-state index in [1.807, 2.05) is 0 Å². The molecule has 4 nitrogen and oxygen atoms in total. The number of benzene rings is 1. The van der Waals surface area contributed by atoms with Crippen molar-refractivity contribution < 1.29 is 22.7 Å². The highest BCUT2D eigenvalue weighted by atomic mass is 19.4. The minimum absolute atomic E-state index is 0.0996. The third-order valence-corrected chi connectivity index (χ3v) is 4.40. The van der Waals surface area contributed by atoms with Crippen LogP contribution in [0.5, 0.6) is 0 Å². The molecule has 0 aliphatic heterocycles. The van der Waals surface area contributed by atoms with Gasteiger partial charge in [-0.3, -0.25) is 4.79 Å². The fourth-order valence-corrected chi connectivity index (χ4v) is 2.84. The molecule has 1 aliphatic carbocycles. The summed E-state index contributed by atoms with van der Waals surface area (Å²) < 4.78 is 43.5. The Morgan fingerprint density at radius 2 is 2.13 bits per heavy atom. The molecule has 1 fully saturated rings. The Hall–Kier alpha value is -1.60. The second kappa shape index (κ2) is 6.88. The van der Waals surface area contributed by atoms with E-state index < -0.39 is 23.2 Å². The number of amides is 1. The number of hydrogen-bond acceptors (Lipinski definition) is 3. The molecule has 1 atom stereocenters. The van der Waals surface area contributed by atoms with Crippen molar-refractivity contribution >= 4 is 5.91 Å². The Morgan fingerprint density at radius 3 is 2.65 bits per heavy atom. The summed E-state index contributed by atoms with van der Waals surface area (Å²) in [7, 11) is 1.45. The van der Waals surface area contributed by atoms with Crippen molar-refractivity contribution in [3.8, 4) is 0 Å². The number of halogens is 3. The van der Waals surface area contributed by atoms with Crippen LogP contribution in [0.2, 0.25) is 0 Å². The first-order valence-electron chi connectivity index (χ1n) is 7.48. The highest BCUT2D eigenvalue weighted by Gasteiger charge is 2.40. The number of nitrogens with two attached hydrogens (primary N) is 1. The molecule has 1 unspecified atom stereocenters. The molecule has 7 heteroatoms. The lowest BCUT2D eigenvalue weighted by Crippen LogP contribution is -2.50. The predicted octanol–water partition coefficient (Wildman–Crippen LogP) is 2.22. The van der Waals surface area contributed by atoms with Crippen molar-refractivity contribution in [3.63, 3.8) is 0 Å². The molecule has 0 aromatic heterocycles. The van der Waals surface area contributed by atoms with Gasteiger partial charge in [-0.1, -0.05) is 24.6 Å². The molecule has 0 spiro atoms. The number of methoxy groups -OCH3 is 1. The molecule has 0 bridgehead atoms. The maximum atomic E-state index is 12.9. The van der Waals surface area contributed by atoms with Crippen LogP contribution in [0, 0.1) is 0 Å². The Balaban J connectivity index is 2.11. The first-order valence-corrected chi connectivity index (χ1v) is 7.48. The molecule has 1 aromatic carbocycles. The van der Waals surface area contributed by atoms with E-state index in [4.69, 9.17) is 10.5 Å². The van der Waals surface area contributed by atoms with Gasteiger partial charge in [-0.25, -0.2) is 0 Å². The van der Waals surface area contributed by atoms with Gasteiger partial charge in [0, 0.05) is 19.1 Å². The van der Waals surface area contributed by atoms with E-state index in [9.17, 15) is 18.0 Å². The van der Waals surface area contributed by atoms with Crippen molar-refractivity contribution in [2.24, 2.45) is 5.73 Å². The Kier molecular flexibility index (Phi) is 5.31. The van der Waals surface area contributed by atoms with Crippen molar-refractivity contribution in [1.82, 2.24) is 5.32 Å². The smallest absolute Gasteiger partial charge is 0.383 e. The Morgan fingerprint density at radius 1 is 1.43 bits per heavy atom. The van der Waals surface area contributed by atoms with Gasteiger partial charge in [-0.15, -0.1) is 0 Å². The standard InChI is InChI=1S/C16H21F3N2O2/c1-23-9-13(20)14(22)21-10-15(6-3-7-15)11-4-2-5-12(8-11)16(17,18)19/h2,4-5,8,13H,3,6-7,9-10,20H2,1H3,(H,21,22). The van der Waals surface area contributed by atoms with Crippen LogP contribution in [0.25, 0.3) is 0 Å². The highest BCUT2D eigenvalue weighted by Crippen LogP contribution is 2.44. The summed E-state index contributed by atoms with van der Waals surface area (Å²) in [5.74, 6) is -0.356. The lowest BCUT2D eigenvalue weighted by atomic mass is 9.64. The van der Waals surface area contributed by atoms with Gasteiger partial charge < -0.3 is 15.8 Å². The van der Waals surface area contributed by atoms with Crippen molar-refractivity contribution in [3.05, 3.63) is 35.4 Å². The second-order valence-electron chi connectivity index (χ2n) is 5.99. The van der Waals surface area contributed by atoms with E-state index in [-0.39, 0.29) is 19.1 Å². The van der Waals surface area contributed by atoms with E-state index in [0.29, 0.717) is 5.56 Å².